The molecule has 3 rings (SSSR count). The maximum atomic E-state index is 5.98. The summed E-state index contributed by atoms with van der Waals surface area (Å²) in [5, 5.41) is 12.3. The van der Waals surface area contributed by atoms with Crippen LogP contribution < -0.4 is 5.32 Å². The monoisotopic (exact) mass is 289 g/mol. The van der Waals surface area contributed by atoms with E-state index in [0.717, 1.165) is 37.3 Å². The second-order valence-corrected chi connectivity index (χ2v) is 5.78. The van der Waals surface area contributed by atoms with Crippen LogP contribution in [0.4, 0.5) is 0 Å². The Morgan fingerprint density at radius 1 is 1.33 bits per heavy atom. The van der Waals surface area contributed by atoms with Crippen LogP contribution in [0.25, 0.3) is 0 Å². The lowest BCUT2D eigenvalue weighted by Crippen LogP contribution is -2.39. The minimum atomic E-state index is 0.0874. The first-order valence-electron chi connectivity index (χ1n) is 7.46. The van der Waals surface area contributed by atoms with Crippen LogP contribution in [0, 0.1) is 6.92 Å². The summed E-state index contributed by atoms with van der Waals surface area (Å²) < 4.78 is 9.67. The van der Waals surface area contributed by atoms with E-state index in [1.165, 1.54) is 5.56 Å². The molecule has 0 bridgehead atoms. The van der Waals surface area contributed by atoms with Crippen LogP contribution in [0.2, 0.25) is 0 Å². The van der Waals surface area contributed by atoms with Crippen molar-refractivity contribution in [2.24, 2.45) is 14.1 Å². The van der Waals surface area contributed by atoms with Gasteiger partial charge in [0.05, 0.1) is 11.9 Å². The van der Waals surface area contributed by atoms with Gasteiger partial charge >= 0.3 is 0 Å². The fraction of sp³-hybridized carbons (Fsp3) is 0.600. The minimum absolute atomic E-state index is 0.0874. The molecule has 6 nitrogen and oxygen atoms in total. The Hall–Kier alpha value is -1.66. The Kier molecular flexibility index (Phi) is 4.07. The Labute approximate surface area is 125 Å². The molecule has 0 radical (unpaired) electrons. The number of rotatable bonds is 4. The van der Waals surface area contributed by atoms with Gasteiger partial charge < -0.3 is 10.1 Å². The number of hydrogen-bond acceptors (Lipinski definition) is 4. The van der Waals surface area contributed by atoms with Crippen molar-refractivity contribution in [2.45, 2.75) is 38.5 Å². The van der Waals surface area contributed by atoms with E-state index < -0.39 is 0 Å². The van der Waals surface area contributed by atoms with Crippen LogP contribution in [0.15, 0.2) is 18.6 Å². The molecule has 0 amide bonds. The number of aromatic nitrogens is 4. The number of ether oxygens (including phenoxy) is 1. The lowest BCUT2D eigenvalue weighted by molar-refractivity contribution is -0.0112. The third kappa shape index (κ3) is 3.16. The summed E-state index contributed by atoms with van der Waals surface area (Å²) in [7, 11) is 3.90. The topological polar surface area (TPSA) is 56.9 Å². The first kappa shape index (κ1) is 14.3. The molecule has 0 aliphatic carbocycles. The summed E-state index contributed by atoms with van der Waals surface area (Å²) >= 11 is 0. The second-order valence-electron chi connectivity index (χ2n) is 5.78. The largest absolute Gasteiger partial charge is 0.372 e. The predicted molar refractivity (Wildman–Crippen MR) is 79.7 cm³/mol. The Morgan fingerprint density at radius 3 is 2.86 bits per heavy atom. The molecule has 0 unspecified atom stereocenters. The fourth-order valence-corrected chi connectivity index (χ4v) is 2.97. The van der Waals surface area contributed by atoms with Gasteiger partial charge in [-0.05, 0) is 19.8 Å². The van der Waals surface area contributed by atoms with E-state index >= 15 is 0 Å². The minimum Gasteiger partial charge on any atom is -0.372 e. The molecule has 1 saturated heterocycles. The lowest BCUT2D eigenvalue weighted by Gasteiger charge is -2.32. The molecule has 0 saturated carbocycles. The normalized spacial score (nSPS) is 22.6. The zero-order chi connectivity index (χ0) is 14.8. The molecule has 114 valence electrons. The third-order valence-electron chi connectivity index (χ3n) is 4.05. The molecule has 2 aromatic heterocycles. The zero-order valence-electron chi connectivity index (χ0n) is 12.9. The van der Waals surface area contributed by atoms with Crippen molar-refractivity contribution < 1.29 is 4.74 Å². The summed E-state index contributed by atoms with van der Waals surface area (Å²) in [6, 6.07) is 0.322. The summed E-state index contributed by atoms with van der Waals surface area (Å²) in [5.74, 6) is 0. The van der Waals surface area contributed by atoms with E-state index in [2.05, 4.69) is 21.7 Å². The molecule has 0 aromatic carbocycles. The van der Waals surface area contributed by atoms with E-state index in [0.29, 0.717) is 6.04 Å². The van der Waals surface area contributed by atoms with Crippen molar-refractivity contribution in [1.29, 1.82) is 0 Å². The maximum absolute atomic E-state index is 5.98. The smallest absolute Gasteiger partial charge is 0.101 e. The van der Waals surface area contributed by atoms with E-state index in [9.17, 15) is 0 Å². The molecule has 1 fully saturated rings. The van der Waals surface area contributed by atoms with E-state index in [1.54, 1.807) is 0 Å². The number of nitrogens with one attached hydrogen (secondary N) is 1. The van der Waals surface area contributed by atoms with E-state index in [1.807, 2.05) is 42.8 Å². The van der Waals surface area contributed by atoms with Crippen LogP contribution in [0.1, 0.15) is 35.8 Å². The highest BCUT2D eigenvalue weighted by molar-refractivity contribution is 5.16. The van der Waals surface area contributed by atoms with Crippen molar-refractivity contribution in [2.75, 3.05) is 6.61 Å². The predicted octanol–water partition coefficient (Wildman–Crippen LogP) is 1.47. The lowest BCUT2D eigenvalue weighted by atomic mass is 9.98. The first-order valence-corrected chi connectivity index (χ1v) is 7.46. The van der Waals surface area contributed by atoms with Crippen molar-refractivity contribution in [3.05, 3.63) is 35.4 Å². The van der Waals surface area contributed by atoms with Crippen LogP contribution in [0.5, 0.6) is 0 Å². The van der Waals surface area contributed by atoms with Crippen molar-refractivity contribution in [1.82, 2.24) is 24.9 Å². The molecule has 2 atom stereocenters. The quantitative estimate of drug-likeness (QED) is 0.926. The fourth-order valence-electron chi connectivity index (χ4n) is 2.97. The van der Waals surface area contributed by atoms with Gasteiger partial charge in [0.1, 0.15) is 6.10 Å². The molecule has 2 aromatic rings. The summed E-state index contributed by atoms with van der Waals surface area (Å²) in [6.45, 7) is 3.70. The molecule has 0 spiro atoms. The van der Waals surface area contributed by atoms with Gasteiger partial charge in [-0.2, -0.15) is 10.2 Å². The molecule has 6 heteroatoms. The van der Waals surface area contributed by atoms with Gasteiger partial charge in [-0.1, -0.05) is 0 Å². The number of hydrogen-bond donors (Lipinski definition) is 1. The molecular formula is C15H23N5O. The van der Waals surface area contributed by atoms with Gasteiger partial charge in [-0.25, -0.2) is 0 Å². The van der Waals surface area contributed by atoms with Crippen LogP contribution in [-0.4, -0.2) is 32.2 Å². The van der Waals surface area contributed by atoms with Gasteiger partial charge in [0.15, 0.2) is 0 Å². The van der Waals surface area contributed by atoms with Crippen LogP contribution >= 0.6 is 0 Å². The summed E-state index contributed by atoms with van der Waals surface area (Å²) in [6.07, 6.45) is 8.33. The van der Waals surface area contributed by atoms with Crippen LogP contribution in [-0.2, 0) is 25.4 Å². The van der Waals surface area contributed by atoms with E-state index in [-0.39, 0.29) is 6.10 Å². The number of nitrogens with zero attached hydrogens (tertiary/aromatic N) is 4. The first-order chi connectivity index (χ1) is 10.1. The van der Waals surface area contributed by atoms with Gasteiger partial charge in [-0.15, -0.1) is 0 Å². The highest BCUT2D eigenvalue weighted by Gasteiger charge is 2.28. The molecular weight excluding hydrogens is 266 g/mol. The Bertz CT molecular complexity index is 603. The van der Waals surface area contributed by atoms with Crippen molar-refractivity contribution in [3.63, 3.8) is 0 Å². The Morgan fingerprint density at radius 2 is 2.19 bits per heavy atom. The van der Waals surface area contributed by atoms with Gasteiger partial charge in [0.2, 0.25) is 0 Å². The van der Waals surface area contributed by atoms with Crippen molar-refractivity contribution >= 4 is 0 Å². The third-order valence-corrected chi connectivity index (χ3v) is 4.05. The van der Waals surface area contributed by atoms with Gasteiger partial charge in [0.25, 0.3) is 0 Å². The van der Waals surface area contributed by atoms with E-state index in [4.69, 9.17) is 4.74 Å². The van der Waals surface area contributed by atoms with Gasteiger partial charge in [-0.3, -0.25) is 9.36 Å². The van der Waals surface area contributed by atoms with Crippen molar-refractivity contribution in [3.8, 4) is 0 Å². The van der Waals surface area contributed by atoms with Gasteiger partial charge in [0, 0.05) is 56.8 Å². The second kappa shape index (κ2) is 5.99. The highest BCUT2D eigenvalue weighted by Crippen LogP contribution is 2.28. The number of aryl methyl sites for hydroxylation is 3. The molecule has 1 N–H and O–H groups in total. The molecule has 1 aliphatic rings. The average molecular weight is 289 g/mol. The molecule has 3 heterocycles. The zero-order valence-corrected chi connectivity index (χ0v) is 12.9. The maximum Gasteiger partial charge on any atom is 0.101 e. The highest BCUT2D eigenvalue weighted by atomic mass is 16.5. The average Bonchev–Trinajstić information content (AvgIpc) is 3.02. The standard InChI is InChI=1S/C15H23N5O/c1-11-12(9-20(3)18-11)7-16-14-5-4-6-21-15(14)13-8-17-19(2)10-13/h8-10,14-16H,4-7H2,1-3H3/t14-,15+/m0/s1. The van der Waals surface area contributed by atoms with Crippen LogP contribution in [0.3, 0.4) is 0 Å². The molecule has 21 heavy (non-hydrogen) atoms. The SMILES string of the molecule is Cc1nn(C)cc1CN[C@H]1CCCO[C@@H]1c1cnn(C)c1. The molecule has 1 aliphatic heterocycles. The summed E-state index contributed by atoms with van der Waals surface area (Å²) in [5.41, 5.74) is 3.48. The summed E-state index contributed by atoms with van der Waals surface area (Å²) in [4.78, 5) is 0. The Balaban J connectivity index is 1.68.